The normalized spacial score (nSPS) is 14.1. The Kier molecular flexibility index (Phi) is 10.7. The second kappa shape index (κ2) is 15.5. The van der Waals surface area contributed by atoms with Gasteiger partial charge in [0.25, 0.3) is 5.56 Å². The molecule has 0 spiro atoms. The number of aromatic nitrogens is 1. The lowest BCUT2D eigenvalue weighted by molar-refractivity contribution is -0.138. The Balaban J connectivity index is 1.40. The van der Waals surface area contributed by atoms with Gasteiger partial charge >= 0.3 is 11.9 Å². The molecule has 0 unspecified atom stereocenters. The molecule has 1 atom stereocenters. The summed E-state index contributed by atoms with van der Waals surface area (Å²) < 4.78 is 25.0. The molecule has 9 nitrogen and oxygen atoms in total. The number of hydrogen-bond donors (Lipinski definition) is 0. The monoisotopic (exact) mass is 752 g/mol. The summed E-state index contributed by atoms with van der Waals surface area (Å²) in [5, 5.41) is 0. The molecule has 1 aliphatic heterocycles. The number of ether oxygens (including phenoxy) is 4. The fourth-order valence-corrected chi connectivity index (χ4v) is 7.19. The van der Waals surface area contributed by atoms with Crippen LogP contribution in [0.4, 0.5) is 0 Å². The van der Waals surface area contributed by atoms with E-state index in [1.165, 1.54) is 11.3 Å². The molecule has 0 bridgehead atoms. The van der Waals surface area contributed by atoms with E-state index in [0.29, 0.717) is 54.3 Å². The molecule has 254 valence electrons. The van der Waals surface area contributed by atoms with Crippen molar-refractivity contribution in [2.75, 3.05) is 20.3 Å². The summed E-state index contributed by atoms with van der Waals surface area (Å²) in [6.45, 7) is 4.22. The molecule has 0 amide bonds. The van der Waals surface area contributed by atoms with E-state index in [1.54, 1.807) is 61.9 Å². The lowest BCUT2D eigenvalue weighted by Crippen LogP contribution is -2.39. The van der Waals surface area contributed by atoms with Gasteiger partial charge in [0.1, 0.15) is 6.61 Å². The molecule has 0 saturated carbocycles. The van der Waals surface area contributed by atoms with Gasteiger partial charge in [0, 0.05) is 5.56 Å². The first-order valence-corrected chi connectivity index (χ1v) is 17.5. The third-order valence-corrected chi connectivity index (χ3v) is 9.46. The zero-order chi connectivity index (χ0) is 35.2. The van der Waals surface area contributed by atoms with Crippen LogP contribution >= 0.6 is 27.3 Å². The Morgan fingerprint density at radius 3 is 2.22 bits per heavy atom. The van der Waals surface area contributed by atoms with Gasteiger partial charge in [-0.05, 0) is 76.8 Å². The van der Waals surface area contributed by atoms with Gasteiger partial charge in [-0.15, -0.1) is 0 Å². The van der Waals surface area contributed by atoms with Crippen molar-refractivity contribution < 1.29 is 28.5 Å². The predicted octanol–water partition coefficient (Wildman–Crippen LogP) is 6.46. The Hall–Kier alpha value is -5.26. The molecule has 5 aromatic rings. The minimum absolute atomic E-state index is 0.175. The highest BCUT2D eigenvalue weighted by Gasteiger charge is 2.35. The largest absolute Gasteiger partial charge is 0.493 e. The molecule has 2 heterocycles. The fourth-order valence-electron chi connectivity index (χ4n) is 5.61. The van der Waals surface area contributed by atoms with Crippen LogP contribution in [0, 0.1) is 0 Å². The number of benzene rings is 4. The van der Waals surface area contributed by atoms with Gasteiger partial charge in [0.15, 0.2) is 16.3 Å². The lowest BCUT2D eigenvalue weighted by Gasteiger charge is -2.25. The zero-order valence-corrected chi connectivity index (χ0v) is 30.0. The van der Waals surface area contributed by atoms with Crippen molar-refractivity contribution in [3.05, 3.63) is 155 Å². The van der Waals surface area contributed by atoms with E-state index in [4.69, 9.17) is 23.9 Å². The Bertz CT molecular complexity index is 2250. The number of hydrogen-bond acceptors (Lipinski definition) is 9. The van der Waals surface area contributed by atoms with Crippen molar-refractivity contribution >= 4 is 51.0 Å². The van der Waals surface area contributed by atoms with Gasteiger partial charge in [-0.2, -0.15) is 0 Å². The number of fused-ring (bicyclic) bond motifs is 1. The number of carbonyl (C=O) groups is 2. The van der Waals surface area contributed by atoms with Crippen LogP contribution in [0.3, 0.4) is 0 Å². The summed E-state index contributed by atoms with van der Waals surface area (Å²) >= 11 is 4.86. The topological polar surface area (TPSA) is 105 Å². The van der Waals surface area contributed by atoms with Crippen molar-refractivity contribution in [2.45, 2.75) is 26.5 Å². The summed E-state index contributed by atoms with van der Waals surface area (Å²) in [5.41, 5.74) is 3.97. The van der Waals surface area contributed by atoms with E-state index < -0.39 is 12.0 Å². The van der Waals surface area contributed by atoms with Gasteiger partial charge < -0.3 is 18.9 Å². The quantitative estimate of drug-likeness (QED) is 0.143. The van der Waals surface area contributed by atoms with Gasteiger partial charge in [0.05, 0.1) is 52.2 Å². The van der Waals surface area contributed by atoms with Crippen LogP contribution in [0.1, 0.15) is 52.5 Å². The van der Waals surface area contributed by atoms with Gasteiger partial charge in [-0.3, -0.25) is 9.36 Å². The highest BCUT2D eigenvalue weighted by Crippen LogP contribution is 2.38. The van der Waals surface area contributed by atoms with E-state index >= 15 is 0 Å². The third-order valence-electron chi connectivity index (χ3n) is 7.89. The molecule has 1 aliphatic rings. The number of nitrogens with zero attached hydrogens (tertiary/aromatic N) is 2. The van der Waals surface area contributed by atoms with Crippen LogP contribution < -0.4 is 24.4 Å². The highest BCUT2D eigenvalue weighted by molar-refractivity contribution is 9.10. The smallest absolute Gasteiger partial charge is 0.338 e. The summed E-state index contributed by atoms with van der Waals surface area (Å²) in [6, 6.07) is 28.7. The first kappa shape index (κ1) is 34.6. The van der Waals surface area contributed by atoms with E-state index in [-0.39, 0.29) is 24.7 Å². The van der Waals surface area contributed by atoms with Crippen LogP contribution in [0.25, 0.3) is 11.8 Å². The average Bonchev–Trinajstić information content (AvgIpc) is 3.45. The highest BCUT2D eigenvalue weighted by atomic mass is 79.9. The maximum absolute atomic E-state index is 14.2. The third kappa shape index (κ3) is 7.19. The summed E-state index contributed by atoms with van der Waals surface area (Å²) in [7, 11) is 1.54. The van der Waals surface area contributed by atoms with E-state index in [9.17, 15) is 14.4 Å². The number of esters is 2. The maximum atomic E-state index is 14.2. The zero-order valence-electron chi connectivity index (χ0n) is 27.6. The predicted molar refractivity (Wildman–Crippen MR) is 195 cm³/mol. The van der Waals surface area contributed by atoms with Crippen molar-refractivity contribution in [3.63, 3.8) is 0 Å². The van der Waals surface area contributed by atoms with E-state index in [1.807, 2.05) is 66.7 Å². The van der Waals surface area contributed by atoms with Crippen molar-refractivity contribution in [1.82, 2.24) is 4.57 Å². The second-order valence-electron chi connectivity index (χ2n) is 11.1. The van der Waals surface area contributed by atoms with E-state index in [2.05, 4.69) is 15.9 Å². The van der Waals surface area contributed by atoms with Crippen LogP contribution in [-0.2, 0) is 20.9 Å². The van der Waals surface area contributed by atoms with E-state index in [0.717, 1.165) is 16.7 Å². The minimum atomic E-state index is -0.757. The number of methoxy groups -OCH3 is 1. The first-order valence-electron chi connectivity index (χ1n) is 15.9. The summed E-state index contributed by atoms with van der Waals surface area (Å²) in [4.78, 5) is 45.2. The van der Waals surface area contributed by atoms with Crippen LogP contribution in [0.2, 0.25) is 0 Å². The molecule has 4 aromatic carbocycles. The summed E-state index contributed by atoms with van der Waals surface area (Å²) in [6.07, 6.45) is 1.77. The molecule has 0 aliphatic carbocycles. The SMILES string of the molecule is CCOC(=O)C1=C(c2ccccc2)N=c2s/c(=C\c3cc(Br)c(OCc4ccc(C(=O)OCC)cc4)c(OC)c3)c(=O)n2[C@H]1c1ccccc1. The number of halogens is 1. The van der Waals surface area contributed by atoms with Crippen molar-refractivity contribution in [2.24, 2.45) is 4.99 Å². The molecule has 1 aromatic heterocycles. The average molecular weight is 754 g/mol. The molecule has 0 saturated heterocycles. The van der Waals surface area contributed by atoms with Gasteiger partial charge in [-0.25, -0.2) is 14.6 Å². The van der Waals surface area contributed by atoms with Crippen LogP contribution in [0.15, 0.2) is 117 Å². The molecule has 0 radical (unpaired) electrons. The number of rotatable bonds is 11. The van der Waals surface area contributed by atoms with Gasteiger partial charge in [0.2, 0.25) is 0 Å². The second-order valence-corrected chi connectivity index (χ2v) is 12.9. The van der Waals surface area contributed by atoms with Crippen molar-refractivity contribution in [1.29, 1.82) is 0 Å². The fraction of sp³-hybridized carbons (Fsp3) is 0.179. The van der Waals surface area contributed by atoms with Gasteiger partial charge in [-0.1, -0.05) is 84.1 Å². The molecule has 6 rings (SSSR count). The molecular formula is C39H33BrN2O7S. The summed E-state index contributed by atoms with van der Waals surface area (Å²) in [5.74, 6) is 0.0346. The standard InChI is InChI=1S/C39H33BrN2O7S/c1-4-47-37(44)28-18-16-24(17-19-28)23-49-35-29(40)20-25(21-30(35)46-3)22-31-36(43)42-34(27-14-10-7-11-15-27)32(38(45)48-5-2)33(41-39(42)50-31)26-12-8-6-9-13-26/h6-22,34H,4-5,23H2,1-3H3/b31-22-/t34-/m0/s1. The first-order chi connectivity index (χ1) is 24.3. The van der Waals surface area contributed by atoms with Crippen molar-refractivity contribution in [3.8, 4) is 11.5 Å². The van der Waals surface area contributed by atoms with Crippen LogP contribution in [-0.4, -0.2) is 36.8 Å². The van der Waals surface area contributed by atoms with Crippen LogP contribution in [0.5, 0.6) is 11.5 Å². The Morgan fingerprint density at radius 1 is 0.900 bits per heavy atom. The molecule has 50 heavy (non-hydrogen) atoms. The number of thiazole rings is 1. The molecule has 0 fully saturated rings. The minimum Gasteiger partial charge on any atom is -0.493 e. The Labute approximate surface area is 300 Å². The lowest BCUT2D eigenvalue weighted by atomic mass is 9.93. The molecule has 0 N–H and O–H groups in total. The molecular weight excluding hydrogens is 720 g/mol. The number of carbonyl (C=O) groups excluding carboxylic acids is 2. The molecule has 11 heteroatoms. The Morgan fingerprint density at radius 2 is 1.56 bits per heavy atom. The maximum Gasteiger partial charge on any atom is 0.338 e.